The normalized spacial score (nSPS) is 29.6. The molecule has 0 spiro atoms. The molecule has 1 aliphatic carbocycles. The minimum atomic E-state index is -0.757. The van der Waals surface area contributed by atoms with Crippen LogP contribution in [0.3, 0.4) is 0 Å². The molecule has 5 nitrogen and oxygen atoms in total. The number of likely N-dealkylation sites (tertiary alicyclic amines) is 1. The van der Waals surface area contributed by atoms with Crippen molar-refractivity contribution >= 4 is 12.1 Å². The molecule has 0 aromatic carbocycles. The molecule has 1 unspecified atom stereocenters. The number of rotatable bonds is 3. The number of amides is 1. The molecule has 1 aliphatic heterocycles. The molecule has 0 aromatic heterocycles. The molecule has 5 heteroatoms. The molecular formula is C14H23NO4. The highest BCUT2D eigenvalue weighted by atomic mass is 16.6. The summed E-state index contributed by atoms with van der Waals surface area (Å²) in [6, 6.07) is 0.211. The van der Waals surface area contributed by atoms with Crippen LogP contribution in [-0.2, 0) is 9.53 Å². The van der Waals surface area contributed by atoms with E-state index in [1.165, 1.54) is 0 Å². The zero-order valence-electron chi connectivity index (χ0n) is 11.9. The second-order valence-electron chi connectivity index (χ2n) is 6.57. The van der Waals surface area contributed by atoms with Gasteiger partial charge in [0.1, 0.15) is 5.60 Å². The Morgan fingerprint density at radius 2 is 2.05 bits per heavy atom. The highest BCUT2D eigenvalue weighted by Crippen LogP contribution is 2.52. The Morgan fingerprint density at radius 3 is 2.63 bits per heavy atom. The molecule has 1 saturated carbocycles. The monoisotopic (exact) mass is 269 g/mol. The second kappa shape index (κ2) is 5.02. The van der Waals surface area contributed by atoms with Gasteiger partial charge in [0.25, 0.3) is 0 Å². The fourth-order valence-corrected chi connectivity index (χ4v) is 3.13. The molecule has 2 rings (SSSR count). The van der Waals surface area contributed by atoms with E-state index in [0.717, 1.165) is 19.4 Å². The third-order valence-corrected chi connectivity index (χ3v) is 3.90. The number of carbonyl (C=O) groups is 2. The number of carboxylic acid groups (broad SMARTS) is 1. The van der Waals surface area contributed by atoms with Crippen molar-refractivity contribution < 1.29 is 19.4 Å². The molecule has 1 heterocycles. The molecule has 19 heavy (non-hydrogen) atoms. The van der Waals surface area contributed by atoms with Crippen molar-refractivity contribution in [2.75, 3.05) is 6.54 Å². The lowest BCUT2D eigenvalue weighted by molar-refractivity contribution is -0.137. The number of aliphatic carboxylic acids is 1. The van der Waals surface area contributed by atoms with Crippen LogP contribution in [0.4, 0.5) is 4.79 Å². The molecule has 3 atom stereocenters. The zero-order chi connectivity index (χ0) is 14.2. The maximum atomic E-state index is 12.1. The van der Waals surface area contributed by atoms with E-state index >= 15 is 0 Å². The van der Waals surface area contributed by atoms with Crippen LogP contribution in [0.25, 0.3) is 0 Å². The maximum Gasteiger partial charge on any atom is 0.410 e. The van der Waals surface area contributed by atoms with E-state index in [-0.39, 0.29) is 18.6 Å². The Bertz CT molecular complexity index is 374. The van der Waals surface area contributed by atoms with Crippen LogP contribution in [0.1, 0.15) is 46.5 Å². The highest BCUT2D eigenvalue weighted by Gasteiger charge is 2.56. The van der Waals surface area contributed by atoms with Crippen molar-refractivity contribution in [3.63, 3.8) is 0 Å². The number of nitrogens with zero attached hydrogens (tertiary/aromatic N) is 1. The van der Waals surface area contributed by atoms with Gasteiger partial charge in [-0.1, -0.05) is 0 Å². The quantitative estimate of drug-likeness (QED) is 0.854. The molecule has 1 amide bonds. The van der Waals surface area contributed by atoms with E-state index in [2.05, 4.69) is 0 Å². The van der Waals surface area contributed by atoms with Gasteiger partial charge in [0, 0.05) is 19.0 Å². The van der Waals surface area contributed by atoms with Crippen LogP contribution in [0, 0.1) is 11.8 Å². The third-order valence-electron chi connectivity index (χ3n) is 3.90. The number of piperidine rings is 1. The highest BCUT2D eigenvalue weighted by molar-refractivity contribution is 5.70. The largest absolute Gasteiger partial charge is 0.481 e. The van der Waals surface area contributed by atoms with Crippen LogP contribution in [0.2, 0.25) is 0 Å². The first-order valence-corrected chi connectivity index (χ1v) is 7.01. The van der Waals surface area contributed by atoms with Gasteiger partial charge < -0.3 is 14.7 Å². The maximum absolute atomic E-state index is 12.1. The average Bonchev–Trinajstić information content (AvgIpc) is 2.97. The molecule has 1 saturated heterocycles. The SMILES string of the molecule is CC(C)(C)OC(=O)N1CCC[C@@H]2C(CCC(=O)O)[C@@H]21. The Kier molecular flexibility index (Phi) is 3.74. The summed E-state index contributed by atoms with van der Waals surface area (Å²) < 4.78 is 5.42. The van der Waals surface area contributed by atoms with Gasteiger partial charge >= 0.3 is 12.1 Å². The molecule has 0 aromatic rings. The van der Waals surface area contributed by atoms with Crippen LogP contribution < -0.4 is 0 Å². The predicted octanol–water partition coefficient (Wildman–Crippen LogP) is 2.50. The van der Waals surface area contributed by atoms with Crippen molar-refractivity contribution in [1.82, 2.24) is 4.90 Å². The topological polar surface area (TPSA) is 66.8 Å². The van der Waals surface area contributed by atoms with Gasteiger partial charge in [-0.05, 0) is 51.9 Å². The summed E-state index contributed by atoms with van der Waals surface area (Å²) in [4.78, 5) is 24.6. The van der Waals surface area contributed by atoms with Crippen molar-refractivity contribution in [2.45, 2.75) is 58.1 Å². The summed E-state index contributed by atoms with van der Waals surface area (Å²) in [6.45, 7) is 6.32. The minimum absolute atomic E-state index is 0.194. The number of hydrogen-bond donors (Lipinski definition) is 1. The number of carbonyl (C=O) groups excluding carboxylic acids is 1. The molecule has 0 radical (unpaired) electrons. The summed E-state index contributed by atoms with van der Waals surface area (Å²) in [7, 11) is 0. The van der Waals surface area contributed by atoms with E-state index in [9.17, 15) is 9.59 Å². The van der Waals surface area contributed by atoms with Crippen molar-refractivity contribution in [1.29, 1.82) is 0 Å². The predicted molar refractivity (Wildman–Crippen MR) is 69.8 cm³/mol. The van der Waals surface area contributed by atoms with Gasteiger partial charge in [-0.3, -0.25) is 4.79 Å². The lowest BCUT2D eigenvalue weighted by atomic mass is 10.1. The average molecular weight is 269 g/mol. The summed E-state index contributed by atoms with van der Waals surface area (Å²) in [5.41, 5.74) is -0.477. The first-order chi connectivity index (χ1) is 8.79. The first-order valence-electron chi connectivity index (χ1n) is 7.01. The van der Waals surface area contributed by atoms with Crippen LogP contribution in [-0.4, -0.2) is 40.3 Å². The van der Waals surface area contributed by atoms with Gasteiger partial charge in [-0.25, -0.2) is 4.79 Å². The van der Waals surface area contributed by atoms with Gasteiger partial charge in [-0.2, -0.15) is 0 Å². The molecule has 1 N–H and O–H groups in total. The fourth-order valence-electron chi connectivity index (χ4n) is 3.13. The second-order valence-corrected chi connectivity index (χ2v) is 6.57. The molecule has 0 bridgehead atoms. The van der Waals surface area contributed by atoms with E-state index in [1.54, 1.807) is 0 Å². The van der Waals surface area contributed by atoms with Crippen molar-refractivity contribution in [3.8, 4) is 0 Å². The summed E-state index contributed by atoms with van der Waals surface area (Å²) in [5, 5.41) is 8.75. The smallest absolute Gasteiger partial charge is 0.410 e. The number of carboxylic acids is 1. The van der Waals surface area contributed by atoms with Crippen LogP contribution in [0.15, 0.2) is 0 Å². The van der Waals surface area contributed by atoms with Crippen LogP contribution in [0.5, 0.6) is 0 Å². The lowest BCUT2D eigenvalue weighted by Gasteiger charge is -2.30. The Labute approximate surface area is 113 Å². The van der Waals surface area contributed by atoms with Gasteiger partial charge in [-0.15, -0.1) is 0 Å². The molecule has 2 aliphatic rings. The van der Waals surface area contributed by atoms with Gasteiger partial charge in [0.15, 0.2) is 0 Å². The summed E-state index contributed by atoms with van der Waals surface area (Å²) in [5.74, 6) is 0.0826. The molecule has 108 valence electrons. The van der Waals surface area contributed by atoms with E-state index < -0.39 is 11.6 Å². The number of fused-ring (bicyclic) bond motifs is 1. The Morgan fingerprint density at radius 1 is 1.37 bits per heavy atom. The van der Waals surface area contributed by atoms with Crippen molar-refractivity contribution in [3.05, 3.63) is 0 Å². The lowest BCUT2D eigenvalue weighted by Crippen LogP contribution is -2.41. The minimum Gasteiger partial charge on any atom is -0.481 e. The summed E-state index contributed by atoms with van der Waals surface area (Å²) in [6.07, 6.45) is 2.71. The van der Waals surface area contributed by atoms with Gasteiger partial charge in [0.05, 0.1) is 0 Å². The van der Waals surface area contributed by atoms with E-state index in [1.807, 2.05) is 25.7 Å². The molecular weight excluding hydrogens is 246 g/mol. The number of ether oxygens (including phenoxy) is 1. The van der Waals surface area contributed by atoms with E-state index in [4.69, 9.17) is 9.84 Å². The zero-order valence-corrected chi connectivity index (χ0v) is 11.9. The summed E-state index contributed by atoms with van der Waals surface area (Å²) >= 11 is 0. The first kappa shape index (κ1) is 14.2. The molecule has 2 fully saturated rings. The Hall–Kier alpha value is -1.26. The van der Waals surface area contributed by atoms with Gasteiger partial charge in [0.2, 0.25) is 0 Å². The third kappa shape index (κ3) is 3.39. The van der Waals surface area contributed by atoms with Crippen molar-refractivity contribution in [2.24, 2.45) is 11.8 Å². The van der Waals surface area contributed by atoms with E-state index in [0.29, 0.717) is 18.3 Å². The Balaban J connectivity index is 1.92. The van der Waals surface area contributed by atoms with Crippen LogP contribution >= 0.6 is 0 Å². The fraction of sp³-hybridized carbons (Fsp3) is 0.857. The number of hydrogen-bond acceptors (Lipinski definition) is 3. The standard InChI is InChI=1S/C14H23NO4/c1-14(2,3)19-13(18)15-8-4-5-9-10(12(9)15)6-7-11(16)17/h9-10,12H,4-8H2,1-3H3,(H,16,17)/t9-,10?,12-/m1/s1.